The molecule has 1 fully saturated rings. The summed E-state index contributed by atoms with van der Waals surface area (Å²) in [6.07, 6.45) is 11.5. The van der Waals surface area contributed by atoms with E-state index in [4.69, 9.17) is 5.26 Å². The van der Waals surface area contributed by atoms with Crippen LogP contribution in [0.25, 0.3) is 0 Å². The zero-order valence-electron chi connectivity index (χ0n) is 10.2. The predicted octanol–water partition coefficient (Wildman–Crippen LogP) is 1.95. The number of hydrogen-bond donors (Lipinski definition) is 1. The molecule has 4 heteroatoms. The van der Waals surface area contributed by atoms with Gasteiger partial charge >= 0.3 is 0 Å². The summed E-state index contributed by atoms with van der Waals surface area (Å²) in [5, 5.41) is 12.7. The van der Waals surface area contributed by atoms with Gasteiger partial charge in [-0.05, 0) is 12.8 Å². The second-order valence-corrected chi connectivity index (χ2v) is 4.73. The lowest BCUT2D eigenvalue weighted by molar-refractivity contribution is 0.387. The molecule has 1 aliphatic rings. The fourth-order valence-corrected chi connectivity index (χ4v) is 2.50. The summed E-state index contributed by atoms with van der Waals surface area (Å²) in [7, 11) is 0. The van der Waals surface area contributed by atoms with Crippen molar-refractivity contribution in [3.63, 3.8) is 0 Å². The number of nitrogens with zero attached hydrogens (tertiary/aromatic N) is 3. The molecule has 2 unspecified atom stereocenters. The number of nitriles is 1. The van der Waals surface area contributed by atoms with Gasteiger partial charge in [-0.3, -0.25) is 0 Å². The Labute approximate surface area is 103 Å². The summed E-state index contributed by atoms with van der Waals surface area (Å²) < 4.78 is 2.06. The molecule has 17 heavy (non-hydrogen) atoms. The third kappa shape index (κ3) is 3.57. The van der Waals surface area contributed by atoms with Crippen LogP contribution in [-0.2, 0) is 6.54 Å². The van der Waals surface area contributed by atoms with Gasteiger partial charge in [-0.25, -0.2) is 4.98 Å². The molecule has 1 N–H and O–H groups in total. The van der Waals surface area contributed by atoms with E-state index in [2.05, 4.69) is 20.9 Å². The topological polar surface area (TPSA) is 53.6 Å². The highest BCUT2D eigenvalue weighted by atomic mass is 15.0. The summed E-state index contributed by atoms with van der Waals surface area (Å²) in [6.45, 7) is 1.84. The summed E-state index contributed by atoms with van der Waals surface area (Å²) in [5.41, 5.74) is 0. The van der Waals surface area contributed by atoms with E-state index in [0.717, 1.165) is 25.9 Å². The van der Waals surface area contributed by atoms with Crippen LogP contribution in [0.1, 0.15) is 32.1 Å². The van der Waals surface area contributed by atoms with E-state index in [1.165, 1.54) is 19.3 Å². The number of hydrogen-bond acceptors (Lipinski definition) is 3. The standard InChI is InChI=1S/C13H20N4/c14-10-12-4-2-1-3-5-13(12)16-7-9-17-8-6-15-11-17/h6,8,11-13,16H,1-5,7,9H2. The van der Waals surface area contributed by atoms with E-state index in [0.29, 0.717) is 6.04 Å². The molecule has 2 atom stereocenters. The lowest BCUT2D eigenvalue weighted by Gasteiger charge is -2.20. The first-order chi connectivity index (χ1) is 8.40. The van der Waals surface area contributed by atoms with Crippen LogP contribution >= 0.6 is 0 Å². The van der Waals surface area contributed by atoms with Gasteiger partial charge < -0.3 is 9.88 Å². The number of aromatic nitrogens is 2. The van der Waals surface area contributed by atoms with E-state index >= 15 is 0 Å². The largest absolute Gasteiger partial charge is 0.336 e. The summed E-state index contributed by atoms with van der Waals surface area (Å²) in [4.78, 5) is 4.02. The van der Waals surface area contributed by atoms with Crippen LogP contribution in [0.5, 0.6) is 0 Å². The second kappa shape index (κ2) is 6.41. The molecule has 1 heterocycles. The molecular weight excluding hydrogens is 212 g/mol. The van der Waals surface area contributed by atoms with Crippen molar-refractivity contribution < 1.29 is 0 Å². The van der Waals surface area contributed by atoms with Crippen molar-refractivity contribution in [2.45, 2.75) is 44.7 Å². The molecule has 2 rings (SSSR count). The molecule has 92 valence electrons. The van der Waals surface area contributed by atoms with Gasteiger partial charge in [0.2, 0.25) is 0 Å². The van der Waals surface area contributed by atoms with Crippen LogP contribution in [0.2, 0.25) is 0 Å². The quantitative estimate of drug-likeness (QED) is 0.807. The Balaban J connectivity index is 1.78. The van der Waals surface area contributed by atoms with Crippen molar-refractivity contribution in [1.29, 1.82) is 5.26 Å². The minimum Gasteiger partial charge on any atom is -0.336 e. The van der Waals surface area contributed by atoms with Crippen LogP contribution in [0, 0.1) is 17.2 Å². The van der Waals surface area contributed by atoms with E-state index in [1.807, 2.05) is 12.5 Å². The Bertz CT molecular complexity index is 352. The van der Waals surface area contributed by atoms with Crippen LogP contribution in [0.4, 0.5) is 0 Å². The SMILES string of the molecule is N#CC1CCCCCC1NCCn1ccnc1. The first kappa shape index (κ1) is 12.1. The molecule has 0 radical (unpaired) electrons. The molecule has 0 aromatic carbocycles. The maximum Gasteiger partial charge on any atom is 0.0946 e. The maximum atomic E-state index is 9.16. The predicted molar refractivity (Wildman–Crippen MR) is 66.2 cm³/mol. The van der Waals surface area contributed by atoms with Crippen LogP contribution in [-0.4, -0.2) is 22.1 Å². The zero-order valence-corrected chi connectivity index (χ0v) is 10.2. The van der Waals surface area contributed by atoms with Crippen molar-refractivity contribution in [3.8, 4) is 6.07 Å². The molecule has 1 saturated carbocycles. The summed E-state index contributed by atoms with van der Waals surface area (Å²) in [5.74, 6) is 0.195. The van der Waals surface area contributed by atoms with Crippen molar-refractivity contribution >= 4 is 0 Å². The molecule has 1 aromatic rings. The molecule has 1 aliphatic carbocycles. The van der Waals surface area contributed by atoms with Gasteiger partial charge in [0.15, 0.2) is 0 Å². The Kier molecular flexibility index (Phi) is 4.57. The van der Waals surface area contributed by atoms with Gasteiger partial charge in [0.1, 0.15) is 0 Å². The van der Waals surface area contributed by atoms with Crippen molar-refractivity contribution in [1.82, 2.24) is 14.9 Å². The van der Waals surface area contributed by atoms with Gasteiger partial charge in [-0.1, -0.05) is 19.3 Å². The van der Waals surface area contributed by atoms with E-state index in [1.54, 1.807) is 6.20 Å². The molecular formula is C13H20N4. The Morgan fingerprint density at radius 3 is 3.00 bits per heavy atom. The van der Waals surface area contributed by atoms with Crippen LogP contribution < -0.4 is 5.32 Å². The normalized spacial score (nSPS) is 25.1. The fourth-order valence-electron chi connectivity index (χ4n) is 2.50. The third-order valence-electron chi connectivity index (χ3n) is 3.52. The van der Waals surface area contributed by atoms with E-state index in [9.17, 15) is 0 Å². The zero-order chi connectivity index (χ0) is 11.9. The van der Waals surface area contributed by atoms with Crippen LogP contribution in [0.3, 0.4) is 0 Å². The Morgan fingerprint density at radius 2 is 2.24 bits per heavy atom. The first-order valence-electron chi connectivity index (χ1n) is 6.49. The first-order valence-corrected chi connectivity index (χ1v) is 6.49. The molecule has 0 spiro atoms. The third-order valence-corrected chi connectivity index (χ3v) is 3.52. The molecule has 0 bridgehead atoms. The highest BCUT2D eigenvalue weighted by molar-refractivity contribution is 4.93. The summed E-state index contributed by atoms with van der Waals surface area (Å²) in [6, 6.07) is 2.84. The second-order valence-electron chi connectivity index (χ2n) is 4.73. The van der Waals surface area contributed by atoms with Crippen molar-refractivity contribution in [3.05, 3.63) is 18.7 Å². The Morgan fingerprint density at radius 1 is 1.35 bits per heavy atom. The monoisotopic (exact) mass is 232 g/mol. The van der Waals surface area contributed by atoms with Crippen molar-refractivity contribution in [2.75, 3.05) is 6.54 Å². The van der Waals surface area contributed by atoms with Gasteiger partial charge in [-0.2, -0.15) is 5.26 Å². The number of rotatable bonds is 4. The molecule has 0 amide bonds. The fraction of sp³-hybridized carbons (Fsp3) is 0.692. The van der Waals surface area contributed by atoms with Crippen LogP contribution in [0.15, 0.2) is 18.7 Å². The lowest BCUT2D eigenvalue weighted by Crippen LogP contribution is -2.36. The highest BCUT2D eigenvalue weighted by Gasteiger charge is 2.22. The molecule has 0 aliphatic heterocycles. The number of nitrogens with one attached hydrogen (secondary N) is 1. The smallest absolute Gasteiger partial charge is 0.0946 e. The lowest BCUT2D eigenvalue weighted by atomic mass is 9.96. The average Bonchev–Trinajstić information content (AvgIpc) is 2.75. The van der Waals surface area contributed by atoms with Gasteiger partial charge in [-0.15, -0.1) is 0 Å². The summed E-state index contributed by atoms with van der Waals surface area (Å²) >= 11 is 0. The van der Waals surface area contributed by atoms with Gasteiger partial charge in [0.25, 0.3) is 0 Å². The van der Waals surface area contributed by atoms with Gasteiger partial charge in [0, 0.05) is 31.5 Å². The maximum absolute atomic E-state index is 9.16. The molecule has 0 saturated heterocycles. The average molecular weight is 232 g/mol. The Hall–Kier alpha value is -1.34. The molecule has 1 aromatic heterocycles. The van der Waals surface area contributed by atoms with Crippen molar-refractivity contribution in [2.24, 2.45) is 5.92 Å². The minimum absolute atomic E-state index is 0.195. The molecule has 4 nitrogen and oxygen atoms in total. The highest BCUT2D eigenvalue weighted by Crippen LogP contribution is 2.22. The van der Waals surface area contributed by atoms with E-state index < -0.39 is 0 Å². The van der Waals surface area contributed by atoms with E-state index in [-0.39, 0.29) is 5.92 Å². The number of imidazole rings is 1. The van der Waals surface area contributed by atoms with Gasteiger partial charge in [0.05, 0.1) is 18.3 Å². The minimum atomic E-state index is 0.195.